The first-order valence-corrected chi connectivity index (χ1v) is 3.79. The average molecular weight is 151 g/mol. The van der Waals surface area contributed by atoms with Gasteiger partial charge < -0.3 is 4.74 Å². The number of nitrogens with zero attached hydrogens (tertiary/aromatic N) is 1. The minimum Gasteiger partial charge on any atom is -0.481 e. The summed E-state index contributed by atoms with van der Waals surface area (Å²) >= 11 is 0. The van der Waals surface area contributed by atoms with Crippen molar-refractivity contribution in [2.24, 2.45) is 4.99 Å². The van der Waals surface area contributed by atoms with Crippen molar-refractivity contribution in [1.82, 2.24) is 0 Å². The van der Waals surface area contributed by atoms with Crippen molar-refractivity contribution in [1.29, 1.82) is 0 Å². The predicted molar refractivity (Wildman–Crippen MR) is 45.5 cm³/mol. The molecule has 0 fully saturated rings. The van der Waals surface area contributed by atoms with Gasteiger partial charge in [-0.1, -0.05) is 5.92 Å². The van der Waals surface area contributed by atoms with Crippen LogP contribution in [-0.4, -0.2) is 18.0 Å². The molecule has 1 aliphatic heterocycles. The zero-order valence-electron chi connectivity index (χ0n) is 7.27. The van der Waals surface area contributed by atoms with Gasteiger partial charge in [0.25, 0.3) is 0 Å². The Balaban J connectivity index is 2.83. The summed E-state index contributed by atoms with van der Waals surface area (Å²) in [6.45, 7) is 6.48. The number of hydrogen-bond donors (Lipinski definition) is 0. The number of hydrogen-bond acceptors (Lipinski definition) is 2. The van der Waals surface area contributed by atoms with E-state index in [9.17, 15) is 0 Å². The van der Waals surface area contributed by atoms with Crippen LogP contribution in [0, 0.1) is 11.8 Å². The monoisotopic (exact) mass is 151 g/mol. The van der Waals surface area contributed by atoms with Crippen LogP contribution in [0.1, 0.15) is 27.2 Å². The maximum atomic E-state index is 5.20. The standard InChI is InChI=1S/C9H13NO/c1-4-5-9(3)6-7-11-8(2)10-9/h6-7H2,1-3H3. The second kappa shape index (κ2) is 2.96. The molecule has 1 heterocycles. The molecule has 0 aromatic heterocycles. The Morgan fingerprint density at radius 3 is 2.91 bits per heavy atom. The van der Waals surface area contributed by atoms with Crippen LogP contribution in [0.2, 0.25) is 0 Å². The summed E-state index contributed by atoms with van der Waals surface area (Å²) in [6, 6.07) is 0. The summed E-state index contributed by atoms with van der Waals surface area (Å²) in [6.07, 6.45) is 0.894. The zero-order valence-corrected chi connectivity index (χ0v) is 7.27. The van der Waals surface area contributed by atoms with Gasteiger partial charge in [-0.25, -0.2) is 4.99 Å². The molecule has 0 bridgehead atoms. The molecule has 2 nitrogen and oxygen atoms in total. The molecule has 60 valence electrons. The minimum absolute atomic E-state index is 0.197. The first kappa shape index (κ1) is 8.13. The van der Waals surface area contributed by atoms with Crippen molar-refractivity contribution in [3.05, 3.63) is 0 Å². The van der Waals surface area contributed by atoms with E-state index in [2.05, 4.69) is 16.8 Å². The predicted octanol–water partition coefficient (Wildman–Crippen LogP) is 1.61. The lowest BCUT2D eigenvalue weighted by atomic mass is 9.99. The summed E-state index contributed by atoms with van der Waals surface area (Å²) in [5.74, 6) is 6.71. The Morgan fingerprint density at radius 2 is 2.36 bits per heavy atom. The first-order valence-electron chi connectivity index (χ1n) is 3.79. The molecule has 0 N–H and O–H groups in total. The second-order valence-electron chi connectivity index (χ2n) is 2.88. The van der Waals surface area contributed by atoms with Gasteiger partial charge in [-0.15, -0.1) is 5.92 Å². The lowest BCUT2D eigenvalue weighted by molar-refractivity contribution is 0.243. The SMILES string of the molecule is CC#CC1(C)CCOC(C)=N1. The van der Waals surface area contributed by atoms with E-state index in [-0.39, 0.29) is 5.54 Å². The van der Waals surface area contributed by atoms with Gasteiger partial charge in [0.05, 0.1) is 6.61 Å². The van der Waals surface area contributed by atoms with E-state index in [1.54, 1.807) is 0 Å². The summed E-state index contributed by atoms with van der Waals surface area (Å²) in [5.41, 5.74) is -0.197. The fourth-order valence-electron chi connectivity index (χ4n) is 1.19. The minimum atomic E-state index is -0.197. The van der Waals surface area contributed by atoms with Crippen LogP contribution in [0.4, 0.5) is 0 Å². The van der Waals surface area contributed by atoms with Crippen LogP contribution in [0.3, 0.4) is 0 Å². The van der Waals surface area contributed by atoms with E-state index < -0.39 is 0 Å². The van der Waals surface area contributed by atoms with Crippen molar-refractivity contribution < 1.29 is 4.74 Å². The second-order valence-corrected chi connectivity index (χ2v) is 2.88. The topological polar surface area (TPSA) is 21.6 Å². The summed E-state index contributed by atoms with van der Waals surface area (Å²) in [4.78, 5) is 4.32. The molecule has 0 spiro atoms. The first-order chi connectivity index (χ1) is 5.16. The Bertz CT molecular complexity index is 234. The van der Waals surface area contributed by atoms with Crippen molar-refractivity contribution in [2.75, 3.05) is 6.61 Å². The zero-order chi connectivity index (χ0) is 8.32. The van der Waals surface area contributed by atoms with Crippen molar-refractivity contribution in [3.63, 3.8) is 0 Å². The molecular formula is C9H13NO. The van der Waals surface area contributed by atoms with Crippen LogP contribution >= 0.6 is 0 Å². The highest BCUT2D eigenvalue weighted by Gasteiger charge is 2.24. The molecule has 0 aromatic carbocycles. The molecule has 0 saturated carbocycles. The molecular weight excluding hydrogens is 138 g/mol. The maximum absolute atomic E-state index is 5.20. The van der Waals surface area contributed by atoms with Gasteiger partial charge >= 0.3 is 0 Å². The third-order valence-electron chi connectivity index (χ3n) is 1.70. The quantitative estimate of drug-likeness (QED) is 0.482. The number of rotatable bonds is 0. The van der Waals surface area contributed by atoms with Crippen LogP contribution in [0.25, 0.3) is 0 Å². The van der Waals surface area contributed by atoms with E-state index in [1.165, 1.54) is 0 Å². The molecule has 1 atom stereocenters. The van der Waals surface area contributed by atoms with Gasteiger partial charge in [0.2, 0.25) is 0 Å². The smallest absolute Gasteiger partial charge is 0.181 e. The highest BCUT2D eigenvalue weighted by Crippen LogP contribution is 2.18. The lowest BCUT2D eigenvalue weighted by Crippen LogP contribution is -2.29. The van der Waals surface area contributed by atoms with Crippen LogP contribution < -0.4 is 0 Å². The molecule has 1 rings (SSSR count). The Morgan fingerprint density at radius 1 is 1.64 bits per heavy atom. The fourth-order valence-corrected chi connectivity index (χ4v) is 1.19. The number of ether oxygens (including phenoxy) is 1. The largest absolute Gasteiger partial charge is 0.481 e. The Labute approximate surface area is 67.7 Å². The lowest BCUT2D eigenvalue weighted by Gasteiger charge is -2.24. The summed E-state index contributed by atoms with van der Waals surface area (Å²) in [5, 5.41) is 0. The average Bonchev–Trinajstić information content (AvgIpc) is 1.86. The van der Waals surface area contributed by atoms with Crippen LogP contribution in [0.5, 0.6) is 0 Å². The van der Waals surface area contributed by atoms with Crippen molar-refractivity contribution in [3.8, 4) is 11.8 Å². The van der Waals surface area contributed by atoms with Gasteiger partial charge in [-0.05, 0) is 13.8 Å². The Kier molecular flexibility index (Phi) is 2.19. The molecule has 0 aliphatic carbocycles. The molecule has 1 aliphatic rings. The van der Waals surface area contributed by atoms with E-state index in [4.69, 9.17) is 4.74 Å². The molecule has 0 radical (unpaired) electrons. The van der Waals surface area contributed by atoms with Crippen LogP contribution in [0.15, 0.2) is 4.99 Å². The molecule has 0 aromatic rings. The van der Waals surface area contributed by atoms with E-state index >= 15 is 0 Å². The number of aliphatic imine (C=N–C) groups is 1. The van der Waals surface area contributed by atoms with Crippen molar-refractivity contribution >= 4 is 5.90 Å². The molecule has 2 heteroatoms. The molecule has 0 saturated heterocycles. The normalized spacial score (nSPS) is 29.5. The van der Waals surface area contributed by atoms with Gasteiger partial charge in [-0.3, -0.25) is 0 Å². The van der Waals surface area contributed by atoms with E-state index in [1.807, 2.05) is 20.8 Å². The van der Waals surface area contributed by atoms with Crippen molar-refractivity contribution in [2.45, 2.75) is 32.7 Å². The Hall–Kier alpha value is -0.970. The van der Waals surface area contributed by atoms with Crippen LogP contribution in [-0.2, 0) is 4.74 Å². The summed E-state index contributed by atoms with van der Waals surface area (Å²) < 4.78 is 5.20. The fraction of sp³-hybridized carbons (Fsp3) is 0.667. The highest BCUT2D eigenvalue weighted by atomic mass is 16.5. The van der Waals surface area contributed by atoms with E-state index in [0.29, 0.717) is 0 Å². The van der Waals surface area contributed by atoms with Gasteiger partial charge in [0.15, 0.2) is 5.90 Å². The van der Waals surface area contributed by atoms with Gasteiger partial charge in [-0.2, -0.15) is 0 Å². The third kappa shape index (κ3) is 1.98. The van der Waals surface area contributed by atoms with Gasteiger partial charge in [0.1, 0.15) is 5.54 Å². The molecule has 11 heavy (non-hydrogen) atoms. The molecule has 0 amide bonds. The molecule has 1 unspecified atom stereocenters. The third-order valence-corrected chi connectivity index (χ3v) is 1.70. The highest BCUT2D eigenvalue weighted by molar-refractivity contribution is 5.74. The maximum Gasteiger partial charge on any atom is 0.181 e. The summed E-state index contributed by atoms with van der Waals surface area (Å²) in [7, 11) is 0. The van der Waals surface area contributed by atoms with E-state index in [0.717, 1.165) is 18.9 Å². The van der Waals surface area contributed by atoms with Gasteiger partial charge in [0, 0.05) is 13.3 Å².